The van der Waals surface area contributed by atoms with Crippen molar-refractivity contribution in [1.82, 2.24) is 9.97 Å². The van der Waals surface area contributed by atoms with Crippen molar-refractivity contribution in [2.24, 2.45) is 0 Å². The normalized spacial score (nSPS) is 10.0. The number of hydrogen-bond donors (Lipinski definition) is 2. The lowest BCUT2D eigenvalue weighted by molar-refractivity contribution is 0.103. The van der Waals surface area contributed by atoms with Crippen LogP contribution in [0.15, 0.2) is 36.5 Å². The highest BCUT2D eigenvalue weighted by Crippen LogP contribution is 2.18. The third-order valence-electron chi connectivity index (χ3n) is 2.06. The Morgan fingerprint density at radius 1 is 1.25 bits per heavy atom. The number of rotatable bonds is 2. The maximum Gasteiger partial charge on any atom is 0.220 e. The number of phenols is 1. The third kappa shape index (κ3) is 1.83. The van der Waals surface area contributed by atoms with Crippen LogP contribution in [0.3, 0.4) is 0 Å². The van der Waals surface area contributed by atoms with Gasteiger partial charge in [-0.1, -0.05) is 12.1 Å². The third-order valence-corrected chi connectivity index (χ3v) is 2.06. The van der Waals surface area contributed by atoms with Crippen molar-refractivity contribution in [2.45, 2.75) is 0 Å². The van der Waals surface area contributed by atoms with E-state index < -0.39 is 0 Å². The highest BCUT2D eigenvalue weighted by atomic mass is 16.3. The number of nitrogen functional groups attached to an aromatic ring is 1. The topological polar surface area (TPSA) is 89.1 Å². The van der Waals surface area contributed by atoms with E-state index in [0.29, 0.717) is 0 Å². The number of carbonyl (C=O) groups excluding carboxylic acids is 1. The molecule has 0 radical (unpaired) electrons. The lowest BCUT2D eigenvalue weighted by Gasteiger charge is -2.02. The Bertz CT molecular complexity index is 540. The molecule has 0 fully saturated rings. The van der Waals surface area contributed by atoms with Crippen molar-refractivity contribution < 1.29 is 9.90 Å². The standard InChI is InChI=1S/C11H9N3O2/c12-11-13-6-5-8(14-11)10(16)7-3-1-2-4-9(7)15/h1-6,15H,(H2,12,13,14). The summed E-state index contributed by atoms with van der Waals surface area (Å²) in [4.78, 5) is 19.4. The minimum absolute atomic E-state index is 0.0290. The summed E-state index contributed by atoms with van der Waals surface area (Å²) in [6.45, 7) is 0. The molecule has 1 aromatic carbocycles. The second-order valence-corrected chi connectivity index (χ2v) is 3.15. The van der Waals surface area contributed by atoms with Crippen LogP contribution in [0.4, 0.5) is 5.95 Å². The predicted octanol–water partition coefficient (Wildman–Crippen LogP) is 0.995. The smallest absolute Gasteiger partial charge is 0.220 e. The number of aromatic hydroxyl groups is 1. The van der Waals surface area contributed by atoms with E-state index in [1.807, 2.05) is 0 Å². The molecule has 0 aliphatic rings. The Labute approximate surface area is 91.6 Å². The fraction of sp³-hybridized carbons (Fsp3) is 0. The van der Waals surface area contributed by atoms with Crippen LogP contribution in [-0.4, -0.2) is 20.9 Å². The number of ketones is 1. The maximum absolute atomic E-state index is 11.9. The van der Waals surface area contributed by atoms with Gasteiger partial charge in [0, 0.05) is 6.20 Å². The van der Waals surface area contributed by atoms with Crippen LogP contribution >= 0.6 is 0 Å². The van der Waals surface area contributed by atoms with Crippen LogP contribution in [0, 0.1) is 0 Å². The van der Waals surface area contributed by atoms with Crippen molar-refractivity contribution in [1.29, 1.82) is 0 Å². The molecule has 0 amide bonds. The van der Waals surface area contributed by atoms with Crippen LogP contribution in [0.1, 0.15) is 16.1 Å². The van der Waals surface area contributed by atoms with Crippen LogP contribution in [-0.2, 0) is 0 Å². The zero-order chi connectivity index (χ0) is 11.5. The maximum atomic E-state index is 11.9. The van der Waals surface area contributed by atoms with Crippen LogP contribution in [0.5, 0.6) is 5.75 Å². The fourth-order valence-corrected chi connectivity index (χ4v) is 1.30. The summed E-state index contributed by atoms with van der Waals surface area (Å²) in [6, 6.07) is 7.72. The second-order valence-electron chi connectivity index (χ2n) is 3.15. The molecule has 1 aromatic heterocycles. The van der Waals surface area contributed by atoms with Crippen molar-refractivity contribution in [3.05, 3.63) is 47.8 Å². The van der Waals surface area contributed by atoms with Crippen LogP contribution < -0.4 is 5.73 Å². The van der Waals surface area contributed by atoms with Crippen molar-refractivity contribution in [2.75, 3.05) is 5.73 Å². The quantitative estimate of drug-likeness (QED) is 0.729. The number of carbonyl (C=O) groups is 1. The Hall–Kier alpha value is -2.43. The van der Waals surface area contributed by atoms with E-state index in [2.05, 4.69) is 9.97 Å². The van der Waals surface area contributed by atoms with E-state index in [0.717, 1.165) is 0 Å². The number of nitrogens with zero attached hydrogens (tertiary/aromatic N) is 2. The molecule has 1 heterocycles. The second kappa shape index (κ2) is 3.98. The van der Waals surface area contributed by atoms with E-state index in [1.165, 1.54) is 24.4 Å². The minimum Gasteiger partial charge on any atom is -0.507 e. The summed E-state index contributed by atoms with van der Waals surface area (Å²) in [7, 11) is 0. The van der Waals surface area contributed by atoms with Gasteiger partial charge in [0.05, 0.1) is 5.56 Å². The fourth-order valence-electron chi connectivity index (χ4n) is 1.30. The Kier molecular flexibility index (Phi) is 2.51. The molecule has 3 N–H and O–H groups in total. The highest BCUT2D eigenvalue weighted by Gasteiger charge is 2.14. The molecule has 2 rings (SSSR count). The van der Waals surface area contributed by atoms with Gasteiger partial charge in [-0.15, -0.1) is 0 Å². The molecule has 2 aromatic rings. The average molecular weight is 215 g/mol. The molecule has 16 heavy (non-hydrogen) atoms. The number of phenolic OH excluding ortho intramolecular Hbond substituents is 1. The number of aromatic nitrogens is 2. The largest absolute Gasteiger partial charge is 0.507 e. The molecule has 0 bridgehead atoms. The van der Waals surface area contributed by atoms with E-state index in [9.17, 15) is 9.90 Å². The van der Waals surface area contributed by atoms with Gasteiger partial charge in [-0.25, -0.2) is 9.97 Å². The SMILES string of the molecule is Nc1nccc(C(=O)c2ccccc2O)n1. The van der Waals surface area contributed by atoms with Crippen molar-refractivity contribution in [3.8, 4) is 5.75 Å². The highest BCUT2D eigenvalue weighted by molar-refractivity contribution is 6.09. The van der Waals surface area contributed by atoms with Gasteiger partial charge in [0.15, 0.2) is 0 Å². The molecule has 0 saturated carbocycles. The summed E-state index contributed by atoms with van der Waals surface area (Å²) >= 11 is 0. The number of benzene rings is 1. The average Bonchev–Trinajstić information content (AvgIpc) is 2.29. The number of hydrogen-bond acceptors (Lipinski definition) is 5. The van der Waals surface area contributed by atoms with Gasteiger partial charge < -0.3 is 10.8 Å². The summed E-state index contributed by atoms with van der Waals surface area (Å²) in [5.41, 5.74) is 5.73. The molecule has 0 aliphatic heterocycles. The zero-order valence-corrected chi connectivity index (χ0v) is 8.29. The van der Waals surface area contributed by atoms with Gasteiger partial charge in [-0.05, 0) is 18.2 Å². The molecule has 0 atom stereocenters. The van der Waals surface area contributed by atoms with Gasteiger partial charge >= 0.3 is 0 Å². The molecule has 5 heteroatoms. The van der Waals surface area contributed by atoms with E-state index in [4.69, 9.17) is 5.73 Å². The summed E-state index contributed by atoms with van der Waals surface area (Å²) in [6.07, 6.45) is 1.40. The molecule has 0 saturated heterocycles. The Morgan fingerprint density at radius 3 is 2.69 bits per heavy atom. The Balaban J connectivity index is 2.44. The van der Waals surface area contributed by atoms with Gasteiger partial charge in [0.1, 0.15) is 11.4 Å². The minimum atomic E-state index is -0.382. The van der Waals surface area contributed by atoms with Gasteiger partial charge in [-0.3, -0.25) is 4.79 Å². The first kappa shape index (κ1) is 10.1. The van der Waals surface area contributed by atoms with Gasteiger partial charge in [0.25, 0.3) is 0 Å². The Morgan fingerprint density at radius 2 is 2.00 bits per heavy atom. The molecule has 5 nitrogen and oxygen atoms in total. The van der Waals surface area contributed by atoms with E-state index in [-0.39, 0.29) is 28.7 Å². The number of para-hydroxylation sites is 1. The summed E-state index contributed by atoms with van der Waals surface area (Å²) in [5, 5.41) is 9.52. The molecular formula is C11H9N3O2. The first-order valence-electron chi connectivity index (χ1n) is 4.59. The monoisotopic (exact) mass is 215 g/mol. The van der Waals surface area contributed by atoms with Crippen LogP contribution in [0.2, 0.25) is 0 Å². The van der Waals surface area contributed by atoms with Gasteiger partial charge in [0.2, 0.25) is 11.7 Å². The molecule has 0 spiro atoms. The predicted molar refractivity (Wildman–Crippen MR) is 58.0 cm³/mol. The molecule has 0 aliphatic carbocycles. The molecular weight excluding hydrogens is 206 g/mol. The molecule has 0 unspecified atom stereocenters. The van der Waals surface area contributed by atoms with Crippen LogP contribution in [0.25, 0.3) is 0 Å². The lowest BCUT2D eigenvalue weighted by Crippen LogP contribution is -2.06. The number of nitrogens with two attached hydrogens (primary N) is 1. The van der Waals surface area contributed by atoms with Crippen molar-refractivity contribution in [3.63, 3.8) is 0 Å². The summed E-state index contributed by atoms with van der Waals surface area (Å²) in [5.74, 6) is -0.432. The summed E-state index contributed by atoms with van der Waals surface area (Å²) < 4.78 is 0. The lowest BCUT2D eigenvalue weighted by atomic mass is 10.1. The van der Waals surface area contributed by atoms with Crippen molar-refractivity contribution >= 4 is 11.7 Å². The van der Waals surface area contributed by atoms with E-state index >= 15 is 0 Å². The first-order valence-corrected chi connectivity index (χ1v) is 4.59. The van der Waals surface area contributed by atoms with E-state index in [1.54, 1.807) is 12.1 Å². The van der Waals surface area contributed by atoms with Gasteiger partial charge in [-0.2, -0.15) is 0 Å². The zero-order valence-electron chi connectivity index (χ0n) is 8.29. The molecule has 80 valence electrons. The first-order chi connectivity index (χ1) is 7.68. The number of anilines is 1.